The van der Waals surface area contributed by atoms with Crippen LogP contribution in [0.15, 0.2) is 5.38 Å². The highest BCUT2D eigenvalue weighted by molar-refractivity contribution is 9.09. The summed E-state index contributed by atoms with van der Waals surface area (Å²) in [6, 6.07) is -0.329. The third kappa shape index (κ3) is 9.55. The minimum Gasteiger partial charge on any atom is -0.468 e. The average Bonchev–Trinajstić information content (AvgIpc) is 3.01. The quantitative estimate of drug-likeness (QED) is 0.579. The minimum atomic E-state index is -0.475. The number of halogens is 1. The molecule has 132 valence electrons. The molecule has 0 aliphatic rings. The van der Waals surface area contributed by atoms with Gasteiger partial charge in [-0.25, -0.2) is 9.78 Å². The van der Waals surface area contributed by atoms with E-state index < -0.39 is 5.97 Å². The van der Waals surface area contributed by atoms with Crippen LogP contribution in [-0.2, 0) is 16.1 Å². The molecule has 2 amide bonds. The van der Waals surface area contributed by atoms with Crippen LogP contribution in [0, 0.1) is 0 Å². The van der Waals surface area contributed by atoms with Crippen LogP contribution in [0.25, 0.3) is 0 Å². The molecule has 0 aliphatic heterocycles. The third-order valence-electron chi connectivity index (χ3n) is 2.61. The summed E-state index contributed by atoms with van der Waals surface area (Å²) in [7, 11) is 2.93. The average molecular weight is 408 g/mol. The largest absolute Gasteiger partial charge is 0.468 e. The Kier molecular flexibility index (Phi) is 11.7. The predicted molar refractivity (Wildman–Crippen MR) is 97.2 cm³/mol. The number of thiazole rings is 1. The zero-order valence-electron chi connectivity index (χ0n) is 14.4. The molecule has 0 saturated heterocycles. The highest BCUT2D eigenvalue weighted by Crippen LogP contribution is 2.19. The van der Waals surface area contributed by atoms with Crippen LogP contribution in [0.4, 0.5) is 4.79 Å². The van der Waals surface area contributed by atoms with Crippen molar-refractivity contribution in [3.63, 3.8) is 0 Å². The zero-order valence-corrected chi connectivity index (χ0v) is 16.8. The predicted octanol–water partition coefficient (Wildman–Crippen LogP) is 3.37. The Morgan fingerprint density at radius 3 is 2.52 bits per heavy atom. The Morgan fingerprint density at radius 1 is 1.48 bits per heavy atom. The van der Waals surface area contributed by atoms with Gasteiger partial charge in [-0.15, -0.1) is 11.3 Å². The van der Waals surface area contributed by atoms with Gasteiger partial charge in [0.15, 0.2) is 0 Å². The summed E-state index contributed by atoms with van der Waals surface area (Å²) in [5.74, 6) is -0.0882. The number of hydrogen-bond donors (Lipinski definition) is 1. The number of carbonyl (C=O) groups excluding carboxylic acids is 2. The van der Waals surface area contributed by atoms with Crippen LogP contribution >= 0.6 is 27.3 Å². The highest BCUT2D eigenvalue weighted by Gasteiger charge is 2.13. The fourth-order valence-electron chi connectivity index (χ4n) is 1.33. The summed E-state index contributed by atoms with van der Waals surface area (Å²) in [6.45, 7) is 6.57. The van der Waals surface area contributed by atoms with E-state index in [0.717, 1.165) is 16.0 Å². The lowest BCUT2D eigenvalue weighted by Gasteiger charge is -2.16. The lowest BCUT2D eigenvalue weighted by atomic mass is 10.2. The second kappa shape index (κ2) is 12.3. The lowest BCUT2D eigenvalue weighted by molar-refractivity contribution is -0.139. The van der Waals surface area contributed by atoms with Crippen molar-refractivity contribution in [3.8, 4) is 0 Å². The number of hydrogen-bond acceptors (Lipinski definition) is 5. The number of nitrogens with zero attached hydrogens (tertiary/aromatic N) is 2. The highest BCUT2D eigenvalue weighted by atomic mass is 79.9. The van der Waals surface area contributed by atoms with Crippen LogP contribution < -0.4 is 5.32 Å². The van der Waals surface area contributed by atoms with Gasteiger partial charge in [-0.05, 0) is 6.42 Å². The van der Waals surface area contributed by atoms with Crippen molar-refractivity contribution in [2.75, 3.05) is 26.0 Å². The Hall–Kier alpha value is -1.15. The molecule has 0 saturated carbocycles. The second-order valence-electron chi connectivity index (χ2n) is 5.11. The summed E-state index contributed by atoms with van der Waals surface area (Å²) < 4.78 is 4.45. The van der Waals surface area contributed by atoms with Gasteiger partial charge < -0.3 is 15.0 Å². The first kappa shape index (κ1) is 21.9. The van der Waals surface area contributed by atoms with Gasteiger partial charge in [0.05, 0.1) is 24.4 Å². The maximum Gasteiger partial charge on any atom is 0.325 e. The maximum atomic E-state index is 11.7. The second-order valence-corrected chi connectivity index (χ2v) is 6.79. The zero-order chi connectivity index (χ0) is 17.8. The van der Waals surface area contributed by atoms with E-state index >= 15 is 0 Å². The first-order chi connectivity index (χ1) is 10.8. The van der Waals surface area contributed by atoms with Crippen LogP contribution in [-0.4, -0.2) is 47.9 Å². The molecule has 1 aromatic heterocycles. The van der Waals surface area contributed by atoms with Crippen LogP contribution in [0.3, 0.4) is 0 Å². The fourth-order valence-corrected chi connectivity index (χ4v) is 2.16. The summed E-state index contributed by atoms with van der Waals surface area (Å²) in [4.78, 5) is 28.5. The van der Waals surface area contributed by atoms with Gasteiger partial charge in [0, 0.05) is 23.7 Å². The number of amides is 2. The molecule has 0 atom stereocenters. The van der Waals surface area contributed by atoms with Crippen LogP contribution in [0.5, 0.6) is 0 Å². The maximum absolute atomic E-state index is 11.7. The summed E-state index contributed by atoms with van der Waals surface area (Å²) in [6.07, 6.45) is 1.24. The Labute approximate surface area is 150 Å². The molecule has 0 radical (unpaired) electrons. The SMILES string of the molecule is CCCBr.COC(=O)CNC(=O)N(C)Cc1csc(C(C)C)n1. The van der Waals surface area contributed by atoms with Gasteiger partial charge in [-0.2, -0.15) is 0 Å². The van der Waals surface area contributed by atoms with E-state index in [1.54, 1.807) is 18.4 Å². The van der Waals surface area contributed by atoms with Gasteiger partial charge in [0.25, 0.3) is 0 Å². The van der Waals surface area contributed by atoms with E-state index in [0.29, 0.717) is 12.5 Å². The molecule has 8 heteroatoms. The van der Waals surface area contributed by atoms with E-state index in [1.807, 2.05) is 5.38 Å². The van der Waals surface area contributed by atoms with E-state index in [2.05, 4.69) is 51.7 Å². The van der Waals surface area contributed by atoms with Crippen molar-refractivity contribution in [2.45, 2.75) is 39.7 Å². The van der Waals surface area contributed by atoms with Crippen molar-refractivity contribution in [1.82, 2.24) is 15.2 Å². The van der Waals surface area contributed by atoms with Gasteiger partial charge in [-0.3, -0.25) is 4.79 Å². The molecular formula is C15H26BrN3O3S. The Morgan fingerprint density at radius 2 is 2.09 bits per heavy atom. The molecule has 6 nitrogen and oxygen atoms in total. The van der Waals surface area contributed by atoms with Crippen LogP contribution in [0.2, 0.25) is 0 Å². The van der Waals surface area contributed by atoms with E-state index in [1.165, 1.54) is 18.4 Å². The van der Waals surface area contributed by atoms with Gasteiger partial charge in [0.1, 0.15) is 6.54 Å². The molecule has 0 fully saturated rings. The first-order valence-electron chi connectivity index (χ1n) is 7.41. The molecule has 1 N–H and O–H groups in total. The smallest absolute Gasteiger partial charge is 0.325 e. The molecule has 0 spiro atoms. The number of urea groups is 1. The molecule has 1 rings (SSSR count). The van der Waals surface area contributed by atoms with Crippen molar-refractivity contribution >= 4 is 39.3 Å². The number of carbonyl (C=O) groups is 2. The molecular weight excluding hydrogens is 382 g/mol. The fraction of sp³-hybridized carbons (Fsp3) is 0.667. The van der Waals surface area contributed by atoms with E-state index in [4.69, 9.17) is 0 Å². The molecule has 0 unspecified atom stereocenters. The molecule has 1 aromatic rings. The topological polar surface area (TPSA) is 71.5 Å². The lowest BCUT2D eigenvalue weighted by Crippen LogP contribution is -2.39. The number of nitrogens with one attached hydrogen (secondary N) is 1. The number of rotatable bonds is 6. The standard InChI is InChI=1S/C12H19N3O3S.C3H7Br/c1-8(2)11-14-9(7-19-11)6-15(3)12(17)13-5-10(16)18-4;1-2-3-4/h7-8H,5-6H2,1-4H3,(H,13,17);2-3H2,1H3. The summed E-state index contributed by atoms with van der Waals surface area (Å²) in [5, 5.41) is 6.60. The minimum absolute atomic E-state index is 0.131. The van der Waals surface area contributed by atoms with Gasteiger partial charge in [-0.1, -0.05) is 36.7 Å². The number of aromatic nitrogens is 1. The molecule has 0 aliphatic carbocycles. The normalized spacial score (nSPS) is 9.87. The van der Waals surface area contributed by atoms with Crippen molar-refractivity contribution in [1.29, 1.82) is 0 Å². The van der Waals surface area contributed by atoms with Crippen molar-refractivity contribution < 1.29 is 14.3 Å². The third-order valence-corrected chi connectivity index (χ3v) is 4.60. The van der Waals surface area contributed by atoms with Crippen molar-refractivity contribution in [2.24, 2.45) is 0 Å². The van der Waals surface area contributed by atoms with E-state index in [-0.39, 0.29) is 12.6 Å². The molecule has 23 heavy (non-hydrogen) atoms. The van der Waals surface area contributed by atoms with Gasteiger partial charge in [0.2, 0.25) is 0 Å². The number of esters is 1. The molecule has 1 heterocycles. The summed E-state index contributed by atoms with van der Waals surface area (Å²) in [5.41, 5.74) is 0.851. The van der Waals surface area contributed by atoms with Crippen LogP contribution in [0.1, 0.15) is 43.8 Å². The number of ether oxygens (including phenoxy) is 1. The molecule has 0 aromatic carbocycles. The van der Waals surface area contributed by atoms with E-state index in [9.17, 15) is 9.59 Å². The monoisotopic (exact) mass is 407 g/mol. The number of methoxy groups -OCH3 is 1. The number of alkyl halides is 1. The Bertz CT molecular complexity index is 478. The summed E-state index contributed by atoms with van der Waals surface area (Å²) >= 11 is 4.84. The molecule has 0 bridgehead atoms. The Balaban J connectivity index is 0.00000108. The van der Waals surface area contributed by atoms with Crippen molar-refractivity contribution in [3.05, 3.63) is 16.1 Å². The first-order valence-corrected chi connectivity index (χ1v) is 9.41. The van der Waals surface area contributed by atoms with Gasteiger partial charge >= 0.3 is 12.0 Å².